The maximum Gasteiger partial charge on any atom is 0.255 e. The highest BCUT2D eigenvalue weighted by Gasteiger charge is 2.10. The van der Waals surface area contributed by atoms with E-state index in [2.05, 4.69) is 5.32 Å². The molecule has 0 aliphatic heterocycles. The van der Waals surface area contributed by atoms with E-state index in [9.17, 15) is 15.0 Å². The number of anilines is 1. The molecule has 0 saturated carbocycles. The van der Waals surface area contributed by atoms with Gasteiger partial charge in [-0.05, 0) is 42.8 Å². The number of hydrogen-bond donors (Lipinski definition) is 3. The third-order valence-corrected chi connectivity index (χ3v) is 2.92. The Morgan fingerprint density at radius 3 is 2.53 bits per heavy atom. The van der Waals surface area contributed by atoms with Gasteiger partial charge in [0.2, 0.25) is 0 Å². The van der Waals surface area contributed by atoms with Gasteiger partial charge in [-0.2, -0.15) is 0 Å². The van der Waals surface area contributed by atoms with Crippen molar-refractivity contribution in [2.24, 2.45) is 0 Å². The summed E-state index contributed by atoms with van der Waals surface area (Å²) >= 11 is 5.87. The molecule has 2 aromatic carbocycles. The second kappa shape index (κ2) is 5.20. The van der Waals surface area contributed by atoms with Gasteiger partial charge in [-0.3, -0.25) is 4.79 Å². The van der Waals surface area contributed by atoms with E-state index >= 15 is 0 Å². The number of phenolic OH excluding ortho intramolecular Hbond substituents is 2. The van der Waals surface area contributed by atoms with Crippen LogP contribution in [0.1, 0.15) is 15.9 Å². The maximum atomic E-state index is 12.0. The molecular weight excluding hydrogens is 266 g/mol. The topological polar surface area (TPSA) is 69.6 Å². The zero-order valence-corrected chi connectivity index (χ0v) is 10.9. The van der Waals surface area contributed by atoms with Gasteiger partial charge in [0, 0.05) is 16.3 Å². The van der Waals surface area contributed by atoms with Crippen LogP contribution in [-0.4, -0.2) is 16.1 Å². The lowest BCUT2D eigenvalue weighted by Crippen LogP contribution is -2.12. The number of phenols is 2. The smallest absolute Gasteiger partial charge is 0.255 e. The molecule has 3 N–H and O–H groups in total. The fraction of sp³-hybridized carbons (Fsp3) is 0.0714. The number of carbonyl (C=O) groups is 1. The van der Waals surface area contributed by atoms with Gasteiger partial charge in [-0.1, -0.05) is 17.7 Å². The Kier molecular flexibility index (Phi) is 3.62. The Hall–Kier alpha value is -2.20. The average Bonchev–Trinajstić information content (AvgIpc) is 2.37. The van der Waals surface area contributed by atoms with Crippen molar-refractivity contribution in [3.05, 3.63) is 52.5 Å². The second-order valence-corrected chi connectivity index (χ2v) is 4.55. The van der Waals surface area contributed by atoms with Gasteiger partial charge in [0.05, 0.1) is 0 Å². The molecule has 2 aromatic rings. The molecule has 0 aliphatic carbocycles. The van der Waals surface area contributed by atoms with Crippen LogP contribution in [0, 0.1) is 6.92 Å². The van der Waals surface area contributed by atoms with E-state index in [1.807, 2.05) is 6.92 Å². The second-order valence-electron chi connectivity index (χ2n) is 4.12. The van der Waals surface area contributed by atoms with Crippen LogP contribution in [0.5, 0.6) is 11.5 Å². The van der Waals surface area contributed by atoms with Crippen molar-refractivity contribution in [1.29, 1.82) is 0 Å². The highest BCUT2D eigenvalue weighted by atomic mass is 35.5. The van der Waals surface area contributed by atoms with Crippen LogP contribution in [0.15, 0.2) is 36.4 Å². The van der Waals surface area contributed by atoms with Crippen molar-refractivity contribution in [2.45, 2.75) is 6.92 Å². The van der Waals surface area contributed by atoms with E-state index in [0.717, 1.165) is 5.56 Å². The number of halogens is 1. The van der Waals surface area contributed by atoms with E-state index in [1.165, 1.54) is 18.2 Å². The van der Waals surface area contributed by atoms with E-state index in [1.54, 1.807) is 18.2 Å². The van der Waals surface area contributed by atoms with Gasteiger partial charge in [0.25, 0.3) is 5.91 Å². The first-order valence-corrected chi connectivity index (χ1v) is 5.94. The lowest BCUT2D eigenvalue weighted by atomic mass is 10.1. The van der Waals surface area contributed by atoms with Crippen LogP contribution >= 0.6 is 11.6 Å². The van der Waals surface area contributed by atoms with E-state index in [0.29, 0.717) is 10.7 Å². The molecule has 0 atom stereocenters. The van der Waals surface area contributed by atoms with Crippen molar-refractivity contribution in [3.8, 4) is 11.5 Å². The predicted octanol–water partition coefficient (Wildman–Crippen LogP) is 3.31. The summed E-state index contributed by atoms with van der Waals surface area (Å²) in [5, 5.41) is 21.8. The lowest BCUT2D eigenvalue weighted by molar-refractivity contribution is 0.102. The molecule has 1 amide bonds. The molecule has 0 spiro atoms. The highest BCUT2D eigenvalue weighted by Crippen LogP contribution is 2.26. The first-order valence-electron chi connectivity index (χ1n) is 5.57. The third kappa shape index (κ3) is 2.98. The molecule has 0 bridgehead atoms. The summed E-state index contributed by atoms with van der Waals surface area (Å²) in [6, 6.07) is 9.06. The summed E-state index contributed by atoms with van der Waals surface area (Å²) in [4.78, 5) is 12.0. The number of aryl methyl sites for hydroxylation is 1. The molecule has 5 heteroatoms. The van der Waals surface area contributed by atoms with Crippen molar-refractivity contribution in [1.82, 2.24) is 0 Å². The third-order valence-electron chi connectivity index (χ3n) is 2.69. The number of aromatic hydroxyl groups is 2. The molecule has 4 nitrogen and oxygen atoms in total. The molecule has 0 aromatic heterocycles. The zero-order valence-electron chi connectivity index (χ0n) is 10.1. The first-order chi connectivity index (χ1) is 8.97. The monoisotopic (exact) mass is 277 g/mol. The molecule has 0 heterocycles. The molecule has 0 fully saturated rings. The number of carbonyl (C=O) groups excluding carboxylic acids is 1. The quantitative estimate of drug-likeness (QED) is 0.738. The van der Waals surface area contributed by atoms with E-state index in [-0.39, 0.29) is 23.0 Å². The standard InChI is InChI=1S/C14H12ClNO3/c1-8-2-4-10(15)7-11(8)16-14(19)9-3-5-12(17)13(18)6-9/h2-7,17-18H,1H3,(H,16,19). The van der Waals surface area contributed by atoms with E-state index < -0.39 is 0 Å². The Labute approximate surface area is 115 Å². The molecule has 2 rings (SSSR count). The molecule has 0 unspecified atom stereocenters. The van der Waals surface area contributed by atoms with Crippen molar-refractivity contribution in [2.75, 3.05) is 5.32 Å². The summed E-state index contributed by atoms with van der Waals surface area (Å²) in [6.45, 7) is 1.85. The molecular formula is C14H12ClNO3. The molecule has 19 heavy (non-hydrogen) atoms. The predicted molar refractivity (Wildman–Crippen MR) is 73.9 cm³/mol. The maximum absolute atomic E-state index is 12.0. The highest BCUT2D eigenvalue weighted by molar-refractivity contribution is 6.31. The Morgan fingerprint density at radius 2 is 1.84 bits per heavy atom. The number of amides is 1. The van der Waals surface area contributed by atoms with Gasteiger partial charge in [0.1, 0.15) is 0 Å². The largest absolute Gasteiger partial charge is 0.504 e. The minimum Gasteiger partial charge on any atom is -0.504 e. The van der Waals surface area contributed by atoms with Crippen LogP contribution in [0.25, 0.3) is 0 Å². The summed E-state index contributed by atoms with van der Waals surface area (Å²) in [5.74, 6) is -0.994. The van der Waals surface area contributed by atoms with Crippen molar-refractivity contribution in [3.63, 3.8) is 0 Å². The van der Waals surface area contributed by atoms with Gasteiger partial charge in [-0.15, -0.1) is 0 Å². The summed E-state index contributed by atoms with van der Waals surface area (Å²) in [7, 11) is 0. The lowest BCUT2D eigenvalue weighted by Gasteiger charge is -2.09. The number of rotatable bonds is 2. The Bertz CT molecular complexity index is 641. The Morgan fingerprint density at radius 1 is 1.11 bits per heavy atom. The number of nitrogens with one attached hydrogen (secondary N) is 1. The van der Waals surface area contributed by atoms with Crippen molar-refractivity contribution >= 4 is 23.2 Å². The summed E-state index contributed by atoms with van der Waals surface area (Å²) in [6.07, 6.45) is 0. The SMILES string of the molecule is Cc1ccc(Cl)cc1NC(=O)c1ccc(O)c(O)c1. The van der Waals surface area contributed by atoms with Crippen LogP contribution in [-0.2, 0) is 0 Å². The minimum absolute atomic E-state index is 0.245. The van der Waals surface area contributed by atoms with E-state index in [4.69, 9.17) is 11.6 Å². The number of benzene rings is 2. The van der Waals surface area contributed by atoms with Crippen LogP contribution in [0.2, 0.25) is 5.02 Å². The van der Waals surface area contributed by atoms with Gasteiger partial charge < -0.3 is 15.5 Å². The van der Waals surface area contributed by atoms with Crippen LogP contribution in [0.4, 0.5) is 5.69 Å². The normalized spacial score (nSPS) is 10.2. The molecule has 98 valence electrons. The van der Waals surface area contributed by atoms with Gasteiger partial charge in [0.15, 0.2) is 11.5 Å². The summed E-state index contributed by atoms with van der Waals surface area (Å²) in [5.41, 5.74) is 1.72. The van der Waals surface area contributed by atoms with Gasteiger partial charge >= 0.3 is 0 Å². The minimum atomic E-state index is -0.388. The number of hydrogen-bond acceptors (Lipinski definition) is 3. The summed E-state index contributed by atoms with van der Waals surface area (Å²) < 4.78 is 0. The Balaban J connectivity index is 2.25. The molecule has 0 aliphatic rings. The fourth-order valence-electron chi connectivity index (χ4n) is 1.59. The fourth-order valence-corrected chi connectivity index (χ4v) is 1.76. The molecule has 0 saturated heterocycles. The zero-order chi connectivity index (χ0) is 14.0. The van der Waals surface area contributed by atoms with Gasteiger partial charge in [-0.25, -0.2) is 0 Å². The van der Waals surface area contributed by atoms with Crippen molar-refractivity contribution < 1.29 is 15.0 Å². The van der Waals surface area contributed by atoms with Crippen LogP contribution in [0.3, 0.4) is 0 Å². The van der Waals surface area contributed by atoms with Crippen LogP contribution < -0.4 is 5.32 Å². The average molecular weight is 278 g/mol. The first kappa shape index (κ1) is 13.2. The molecule has 0 radical (unpaired) electrons.